The molecule has 94 valence electrons. The van der Waals surface area contributed by atoms with Gasteiger partial charge in [-0.1, -0.05) is 12.1 Å². The monoisotopic (exact) mass is 240 g/mol. The van der Waals surface area contributed by atoms with Crippen molar-refractivity contribution >= 4 is 11.9 Å². The van der Waals surface area contributed by atoms with Gasteiger partial charge in [0.05, 0.1) is 12.8 Å². The van der Waals surface area contributed by atoms with Crippen molar-refractivity contribution in [2.75, 3.05) is 7.11 Å². The lowest BCUT2D eigenvalue weighted by atomic mass is 10.1. The quantitative estimate of drug-likeness (QED) is 0.788. The van der Waals surface area contributed by atoms with E-state index in [-0.39, 0.29) is 5.91 Å². The summed E-state index contributed by atoms with van der Waals surface area (Å²) in [5, 5.41) is 6.31. The van der Waals surface area contributed by atoms with Crippen molar-refractivity contribution < 1.29 is 18.8 Å². The second-order valence-corrected chi connectivity index (χ2v) is 3.63. The van der Waals surface area contributed by atoms with Crippen LogP contribution in [0.4, 0.5) is 0 Å². The van der Waals surface area contributed by atoms with Crippen molar-refractivity contribution in [2.24, 2.45) is 0 Å². The molecule has 0 aromatic carbocycles. The van der Waals surface area contributed by atoms with E-state index in [1.54, 1.807) is 13.8 Å². The maximum atomic E-state index is 11.9. The van der Waals surface area contributed by atoms with Crippen LogP contribution >= 0.6 is 0 Å². The molecule has 1 aromatic heterocycles. The zero-order valence-corrected chi connectivity index (χ0v) is 10.4. The van der Waals surface area contributed by atoms with E-state index in [9.17, 15) is 9.59 Å². The van der Waals surface area contributed by atoms with Crippen LogP contribution in [0, 0.1) is 6.92 Å². The third-order valence-corrected chi connectivity index (χ3v) is 2.40. The van der Waals surface area contributed by atoms with Crippen molar-refractivity contribution in [1.29, 1.82) is 0 Å². The average molecular weight is 240 g/mol. The maximum absolute atomic E-state index is 11.9. The molecule has 1 heterocycles. The van der Waals surface area contributed by atoms with E-state index in [4.69, 9.17) is 4.52 Å². The number of carbonyl (C=O) groups is 2. The Bertz CT molecular complexity index is 425. The van der Waals surface area contributed by atoms with Crippen LogP contribution in [0.1, 0.15) is 35.7 Å². The van der Waals surface area contributed by atoms with Gasteiger partial charge in [-0.15, -0.1) is 0 Å². The second kappa shape index (κ2) is 5.47. The van der Waals surface area contributed by atoms with Gasteiger partial charge in [-0.3, -0.25) is 4.79 Å². The Hall–Kier alpha value is -1.85. The van der Waals surface area contributed by atoms with Crippen molar-refractivity contribution in [3.63, 3.8) is 0 Å². The summed E-state index contributed by atoms with van der Waals surface area (Å²) in [5.74, 6) is -0.430. The maximum Gasteiger partial charge on any atom is 0.328 e. The minimum absolute atomic E-state index is 0.376. The molecule has 1 amide bonds. The first-order valence-electron chi connectivity index (χ1n) is 5.35. The first kappa shape index (κ1) is 13.2. The molecule has 0 saturated heterocycles. The molecule has 0 saturated carbocycles. The Labute approximate surface area is 99.3 Å². The van der Waals surface area contributed by atoms with Gasteiger partial charge in [-0.2, -0.15) is 0 Å². The molecule has 1 rings (SSSR count). The fourth-order valence-corrected chi connectivity index (χ4v) is 1.45. The van der Waals surface area contributed by atoms with E-state index in [2.05, 4.69) is 15.2 Å². The van der Waals surface area contributed by atoms with Gasteiger partial charge < -0.3 is 14.6 Å². The number of rotatable bonds is 4. The van der Waals surface area contributed by atoms with Gasteiger partial charge in [-0.25, -0.2) is 4.79 Å². The van der Waals surface area contributed by atoms with Gasteiger partial charge in [-0.05, 0) is 20.3 Å². The molecule has 0 aliphatic carbocycles. The number of nitrogens with zero attached hydrogens (tertiary/aromatic N) is 1. The highest BCUT2D eigenvalue weighted by Gasteiger charge is 2.23. The van der Waals surface area contributed by atoms with Gasteiger partial charge in [0.2, 0.25) is 0 Å². The average Bonchev–Trinajstić information content (AvgIpc) is 2.69. The zero-order valence-electron chi connectivity index (χ0n) is 10.4. The zero-order chi connectivity index (χ0) is 13.0. The summed E-state index contributed by atoms with van der Waals surface area (Å²) in [5.41, 5.74) is 0.973. The van der Waals surface area contributed by atoms with Crippen molar-refractivity contribution in [3.05, 3.63) is 17.0 Å². The van der Waals surface area contributed by atoms with Crippen LogP contribution in [-0.4, -0.2) is 30.2 Å². The smallest absolute Gasteiger partial charge is 0.328 e. The summed E-state index contributed by atoms with van der Waals surface area (Å²) in [6.45, 7) is 5.08. The molecule has 0 radical (unpaired) electrons. The van der Waals surface area contributed by atoms with Gasteiger partial charge in [0.15, 0.2) is 0 Å². The standard InChI is InChI=1S/C11H16N2O4/c1-5-8-9(7(3)17-13-8)10(14)12-6(2)11(15)16-4/h6H,5H2,1-4H3,(H,12,14). The summed E-state index contributed by atoms with van der Waals surface area (Å²) in [6.07, 6.45) is 0.590. The SMILES string of the molecule is CCc1noc(C)c1C(=O)NC(C)C(=O)OC. The second-order valence-electron chi connectivity index (χ2n) is 3.63. The van der Waals surface area contributed by atoms with Crippen molar-refractivity contribution in [1.82, 2.24) is 10.5 Å². The summed E-state index contributed by atoms with van der Waals surface area (Å²) >= 11 is 0. The lowest BCUT2D eigenvalue weighted by Gasteiger charge is -2.11. The van der Waals surface area contributed by atoms with E-state index < -0.39 is 12.0 Å². The Balaban J connectivity index is 2.83. The molecule has 0 spiro atoms. The Morgan fingerprint density at radius 3 is 2.71 bits per heavy atom. The highest BCUT2D eigenvalue weighted by molar-refractivity contribution is 5.98. The number of methoxy groups -OCH3 is 1. The number of carbonyl (C=O) groups excluding carboxylic acids is 2. The molecule has 0 aliphatic heterocycles. The Morgan fingerprint density at radius 1 is 1.53 bits per heavy atom. The molecule has 1 N–H and O–H groups in total. The van der Waals surface area contributed by atoms with Crippen LogP contribution in [0.15, 0.2) is 4.52 Å². The molecule has 0 aliphatic rings. The van der Waals surface area contributed by atoms with Crippen LogP contribution in [0.2, 0.25) is 0 Å². The first-order valence-corrected chi connectivity index (χ1v) is 5.35. The number of hydrogen-bond donors (Lipinski definition) is 1. The fourth-order valence-electron chi connectivity index (χ4n) is 1.45. The lowest BCUT2D eigenvalue weighted by molar-refractivity contribution is -0.142. The molecule has 17 heavy (non-hydrogen) atoms. The Kier molecular flexibility index (Phi) is 4.25. The number of nitrogens with one attached hydrogen (secondary N) is 1. The largest absolute Gasteiger partial charge is 0.467 e. The van der Waals surface area contributed by atoms with Gasteiger partial charge >= 0.3 is 5.97 Å². The number of aryl methyl sites for hydroxylation is 2. The topological polar surface area (TPSA) is 81.4 Å². The third-order valence-electron chi connectivity index (χ3n) is 2.40. The lowest BCUT2D eigenvalue weighted by Crippen LogP contribution is -2.39. The highest BCUT2D eigenvalue weighted by atomic mass is 16.5. The minimum Gasteiger partial charge on any atom is -0.467 e. The summed E-state index contributed by atoms with van der Waals surface area (Å²) in [6, 6.07) is -0.702. The highest BCUT2D eigenvalue weighted by Crippen LogP contribution is 2.13. The third kappa shape index (κ3) is 2.83. The Morgan fingerprint density at radius 2 is 2.18 bits per heavy atom. The van der Waals surface area contributed by atoms with Crippen LogP contribution in [0.3, 0.4) is 0 Å². The minimum atomic E-state index is -0.702. The molecule has 1 atom stereocenters. The van der Waals surface area contributed by atoms with E-state index in [0.717, 1.165) is 0 Å². The molecular formula is C11H16N2O4. The van der Waals surface area contributed by atoms with E-state index in [1.807, 2.05) is 6.92 Å². The number of ether oxygens (including phenoxy) is 1. The van der Waals surface area contributed by atoms with Crippen LogP contribution in [0.25, 0.3) is 0 Å². The van der Waals surface area contributed by atoms with E-state index in [1.165, 1.54) is 7.11 Å². The molecule has 6 nitrogen and oxygen atoms in total. The van der Waals surface area contributed by atoms with Crippen molar-refractivity contribution in [2.45, 2.75) is 33.2 Å². The molecular weight excluding hydrogens is 224 g/mol. The number of esters is 1. The van der Waals surface area contributed by atoms with Crippen LogP contribution in [-0.2, 0) is 16.0 Å². The molecule has 0 bridgehead atoms. The van der Waals surface area contributed by atoms with Gasteiger partial charge in [0.25, 0.3) is 5.91 Å². The summed E-state index contributed by atoms with van der Waals surface area (Å²) < 4.78 is 9.47. The van der Waals surface area contributed by atoms with Crippen LogP contribution < -0.4 is 5.32 Å². The van der Waals surface area contributed by atoms with Gasteiger partial charge in [0, 0.05) is 0 Å². The van der Waals surface area contributed by atoms with E-state index >= 15 is 0 Å². The van der Waals surface area contributed by atoms with Crippen molar-refractivity contribution in [3.8, 4) is 0 Å². The molecule has 1 aromatic rings. The number of hydrogen-bond acceptors (Lipinski definition) is 5. The predicted molar refractivity (Wildman–Crippen MR) is 59.6 cm³/mol. The van der Waals surface area contributed by atoms with Gasteiger partial charge in [0.1, 0.15) is 17.4 Å². The summed E-state index contributed by atoms with van der Waals surface area (Å²) in [7, 11) is 1.27. The number of aromatic nitrogens is 1. The normalized spacial score (nSPS) is 12.0. The number of amides is 1. The van der Waals surface area contributed by atoms with Crippen LogP contribution in [0.5, 0.6) is 0 Å². The molecule has 1 unspecified atom stereocenters. The predicted octanol–water partition coefficient (Wildman–Crippen LogP) is 0.837. The molecule has 6 heteroatoms. The molecule has 0 fully saturated rings. The fraction of sp³-hybridized carbons (Fsp3) is 0.545. The van der Waals surface area contributed by atoms with E-state index in [0.29, 0.717) is 23.4 Å². The summed E-state index contributed by atoms with van der Waals surface area (Å²) in [4.78, 5) is 23.1. The first-order chi connectivity index (χ1) is 8.01.